The van der Waals surface area contributed by atoms with Crippen molar-refractivity contribution >= 4 is 28.7 Å². The summed E-state index contributed by atoms with van der Waals surface area (Å²) in [5.41, 5.74) is 5.60. The summed E-state index contributed by atoms with van der Waals surface area (Å²) in [6.45, 7) is 0. The molecule has 5 N–H and O–H groups in total. The Kier molecular flexibility index (Phi) is 4.51. The number of H-pyrrole nitrogens is 1. The largest absolute Gasteiger partial charge is 0.478 e. The highest BCUT2D eigenvalue weighted by Crippen LogP contribution is 2.31. The minimum atomic E-state index is -1.56. The van der Waals surface area contributed by atoms with Crippen LogP contribution in [0.3, 0.4) is 0 Å². The SMILES string of the molecule is Nc1[nH]c(=O)c(C(=O)O)c(-c2ccc3ccc(-c4ccccc4)nc3c2)c1C(=O)O. The van der Waals surface area contributed by atoms with Crippen molar-refractivity contribution in [3.8, 4) is 22.4 Å². The van der Waals surface area contributed by atoms with Gasteiger partial charge < -0.3 is 20.9 Å². The molecule has 0 saturated carbocycles. The predicted molar refractivity (Wildman–Crippen MR) is 112 cm³/mol. The molecule has 4 rings (SSSR count). The van der Waals surface area contributed by atoms with Crippen LogP contribution in [0.1, 0.15) is 20.7 Å². The molecule has 2 aromatic carbocycles. The molecular formula is C22H15N3O5. The molecular weight excluding hydrogens is 386 g/mol. The number of rotatable bonds is 4. The zero-order valence-corrected chi connectivity index (χ0v) is 15.4. The maximum absolute atomic E-state index is 12.2. The second-order valence-corrected chi connectivity index (χ2v) is 6.57. The Labute approximate surface area is 169 Å². The van der Waals surface area contributed by atoms with Gasteiger partial charge in [-0.1, -0.05) is 48.5 Å². The van der Waals surface area contributed by atoms with Crippen LogP contribution in [0.15, 0.2) is 65.5 Å². The van der Waals surface area contributed by atoms with Crippen molar-refractivity contribution in [2.75, 3.05) is 5.73 Å². The number of benzene rings is 2. The molecule has 0 bridgehead atoms. The highest BCUT2D eigenvalue weighted by Gasteiger charge is 2.26. The Morgan fingerprint density at radius 1 is 0.867 bits per heavy atom. The van der Waals surface area contributed by atoms with E-state index in [1.807, 2.05) is 42.5 Å². The minimum absolute atomic E-state index is 0.216. The van der Waals surface area contributed by atoms with Gasteiger partial charge in [0.15, 0.2) is 0 Å². The minimum Gasteiger partial charge on any atom is -0.478 e. The van der Waals surface area contributed by atoms with Crippen LogP contribution >= 0.6 is 0 Å². The van der Waals surface area contributed by atoms with Crippen molar-refractivity contribution in [3.05, 3.63) is 82.1 Å². The zero-order chi connectivity index (χ0) is 21.4. The van der Waals surface area contributed by atoms with Crippen LogP contribution in [0.5, 0.6) is 0 Å². The molecule has 8 nitrogen and oxygen atoms in total. The number of aromatic nitrogens is 2. The second kappa shape index (κ2) is 7.17. The molecule has 0 unspecified atom stereocenters. The van der Waals surface area contributed by atoms with Crippen molar-refractivity contribution in [1.29, 1.82) is 0 Å². The number of aromatic carboxylic acids is 2. The number of anilines is 1. The third-order valence-corrected chi connectivity index (χ3v) is 4.72. The van der Waals surface area contributed by atoms with E-state index >= 15 is 0 Å². The zero-order valence-electron chi connectivity index (χ0n) is 15.4. The van der Waals surface area contributed by atoms with Crippen molar-refractivity contribution < 1.29 is 19.8 Å². The lowest BCUT2D eigenvalue weighted by molar-refractivity contribution is 0.0695. The number of carbonyl (C=O) groups is 2. The molecule has 2 heterocycles. The van der Waals surface area contributed by atoms with Gasteiger partial charge in [-0.05, 0) is 17.7 Å². The van der Waals surface area contributed by atoms with E-state index in [1.165, 1.54) is 0 Å². The number of carboxylic acid groups (broad SMARTS) is 2. The third kappa shape index (κ3) is 3.16. The van der Waals surface area contributed by atoms with E-state index in [0.717, 1.165) is 10.9 Å². The molecule has 0 aliphatic heterocycles. The highest BCUT2D eigenvalue weighted by atomic mass is 16.4. The van der Waals surface area contributed by atoms with E-state index in [9.17, 15) is 24.6 Å². The first-order valence-electron chi connectivity index (χ1n) is 8.85. The van der Waals surface area contributed by atoms with Crippen molar-refractivity contribution in [1.82, 2.24) is 9.97 Å². The van der Waals surface area contributed by atoms with E-state index in [2.05, 4.69) is 9.97 Å². The van der Waals surface area contributed by atoms with Gasteiger partial charge in [-0.15, -0.1) is 0 Å². The first-order valence-corrected chi connectivity index (χ1v) is 8.85. The fraction of sp³-hybridized carbons (Fsp3) is 0. The topological polar surface area (TPSA) is 146 Å². The molecule has 0 aliphatic carbocycles. The summed E-state index contributed by atoms with van der Waals surface area (Å²) in [6, 6.07) is 18.0. The summed E-state index contributed by atoms with van der Waals surface area (Å²) in [5, 5.41) is 19.9. The normalized spacial score (nSPS) is 10.8. The average Bonchev–Trinajstić information content (AvgIpc) is 2.72. The number of nitrogens with two attached hydrogens (primary N) is 1. The molecule has 0 spiro atoms. The van der Waals surface area contributed by atoms with Gasteiger partial charge in [0.05, 0.1) is 11.2 Å². The lowest BCUT2D eigenvalue weighted by Crippen LogP contribution is -2.24. The molecule has 0 aliphatic rings. The van der Waals surface area contributed by atoms with E-state index in [1.54, 1.807) is 18.2 Å². The number of nitrogen functional groups attached to an aromatic ring is 1. The number of hydrogen-bond acceptors (Lipinski definition) is 5. The number of hydrogen-bond donors (Lipinski definition) is 4. The van der Waals surface area contributed by atoms with Crippen LogP contribution < -0.4 is 11.3 Å². The van der Waals surface area contributed by atoms with E-state index in [4.69, 9.17) is 5.73 Å². The fourth-order valence-corrected chi connectivity index (χ4v) is 3.38. The maximum atomic E-state index is 12.2. The van der Waals surface area contributed by atoms with Gasteiger partial charge in [-0.3, -0.25) is 4.79 Å². The molecule has 4 aromatic rings. The van der Waals surface area contributed by atoms with E-state index in [0.29, 0.717) is 11.2 Å². The molecule has 0 fully saturated rings. The standard InChI is InChI=1S/C22H15N3O5/c23-19-17(21(27)28)16(18(22(29)30)20(26)25-19)13-7-6-12-8-9-14(24-15(12)10-13)11-4-2-1-3-5-11/h1-10H,(H,27,28)(H,29,30)(H3,23,25,26). The molecule has 0 amide bonds. The number of fused-ring (bicyclic) bond motifs is 1. The van der Waals surface area contributed by atoms with Crippen LogP contribution in [0.4, 0.5) is 5.82 Å². The smallest absolute Gasteiger partial charge is 0.342 e. The lowest BCUT2D eigenvalue weighted by atomic mass is 9.94. The summed E-state index contributed by atoms with van der Waals surface area (Å²) >= 11 is 0. The molecule has 8 heteroatoms. The summed E-state index contributed by atoms with van der Waals surface area (Å²) < 4.78 is 0. The van der Waals surface area contributed by atoms with Crippen LogP contribution in [-0.2, 0) is 0 Å². The fourth-order valence-electron chi connectivity index (χ4n) is 3.38. The Morgan fingerprint density at radius 2 is 1.53 bits per heavy atom. The highest BCUT2D eigenvalue weighted by molar-refractivity contribution is 6.08. The van der Waals surface area contributed by atoms with Crippen LogP contribution in [0.25, 0.3) is 33.3 Å². The molecule has 0 radical (unpaired) electrons. The summed E-state index contributed by atoms with van der Waals surface area (Å²) in [4.78, 5) is 42.5. The summed E-state index contributed by atoms with van der Waals surface area (Å²) in [5.74, 6) is -3.43. The Morgan fingerprint density at radius 3 is 2.20 bits per heavy atom. The van der Waals surface area contributed by atoms with Gasteiger partial charge in [0.1, 0.15) is 16.9 Å². The monoisotopic (exact) mass is 401 g/mol. The molecule has 2 aromatic heterocycles. The Balaban J connectivity index is 2.01. The number of carboxylic acids is 2. The van der Waals surface area contributed by atoms with E-state index in [-0.39, 0.29) is 11.1 Å². The first-order chi connectivity index (χ1) is 14.4. The van der Waals surface area contributed by atoms with E-state index < -0.39 is 34.4 Å². The van der Waals surface area contributed by atoms with Gasteiger partial charge in [0.25, 0.3) is 5.56 Å². The molecule has 30 heavy (non-hydrogen) atoms. The summed E-state index contributed by atoms with van der Waals surface area (Å²) in [6.07, 6.45) is 0. The second-order valence-electron chi connectivity index (χ2n) is 6.57. The number of pyridine rings is 2. The van der Waals surface area contributed by atoms with Crippen molar-refractivity contribution in [3.63, 3.8) is 0 Å². The lowest BCUT2D eigenvalue weighted by Gasteiger charge is -2.13. The molecule has 0 atom stereocenters. The van der Waals surface area contributed by atoms with Gasteiger partial charge in [0, 0.05) is 16.5 Å². The number of nitrogens with zero attached hydrogens (tertiary/aromatic N) is 1. The first kappa shape index (κ1) is 18.9. The number of aromatic amines is 1. The maximum Gasteiger partial charge on any atom is 0.342 e. The average molecular weight is 401 g/mol. The molecule has 148 valence electrons. The molecule has 0 saturated heterocycles. The van der Waals surface area contributed by atoms with Gasteiger partial charge in [-0.2, -0.15) is 0 Å². The van der Waals surface area contributed by atoms with Gasteiger partial charge in [-0.25, -0.2) is 14.6 Å². The van der Waals surface area contributed by atoms with Crippen LogP contribution in [0.2, 0.25) is 0 Å². The Bertz CT molecular complexity index is 1380. The van der Waals surface area contributed by atoms with Gasteiger partial charge >= 0.3 is 11.9 Å². The quantitative estimate of drug-likeness (QED) is 0.410. The van der Waals surface area contributed by atoms with Crippen molar-refractivity contribution in [2.24, 2.45) is 0 Å². The summed E-state index contributed by atoms with van der Waals surface area (Å²) in [7, 11) is 0. The number of nitrogens with one attached hydrogen (secondary N) is 1. The Hall–Kier alpha value is -4.46. The van der Waals surface area contributed by atoms with Crippen LogP contribution in [-0.4, -0.2) is 32.1 Å². The van der Waals surface area contributed by atoms with Crippen molar-refractivity contribution in [2.45, 2.75) is 0 Å². The third-order valence-electron chi connectivity index (χ3n) is 4.72. The van der Waals surface area contributed by atoms with Gasteiger partial charge in [0.2, 0.25) is 0 Å². The van der Waals surface area contributed by atoms with Crippen LogP contribution in [0, 0.1) is 0 Å². The predicted octanol–water partition coefficient (Wildman–Crippen LogP) is 3.24.